The van der Waals surface area contributed by atoms with Crippen LogP contribution in [0.5, 0.6) is 11.5 Å². The number of ether oxygens (including phenoxy) is 2. The van der Waals surface area contributed by atoms with E-state index in [1.54, 1.807) is 20.3 Å². The van der Waals surface area contributed by atoms with Gasteiger partial charge >= 0.3 is 0 Å². The van der Waals surface area contributed by atoms with E-state index in [0.717, 1.165) is 11.1 Å². The van der Waals surface area contributed by atoms with Crippen LogP contribution in [0.3, 0.4) is 0 Å². The second kappa shape index (κ2) is 8.11. The Kier molecular flexibility index (Phi) is 6.42. The van der Waals surface area contributed by atoms with E-state index in [4.69, 9.17) is 44.3 Å². The van der Waals surface area contributed by atoms with E-state index in [1.165, 1.54) is 0 Å². The van der Waals surface area contributed by atoms with Gasteiger partial charge in [0.25, 0.3) is 0 Å². The highest BCUT2D eigenvalue weighted by Gasteiger charge is 2.13. The smallest absolute Gasteiger partial charge is 0.179 e. The van der Waals surface area contributed by atoms with Crippen LogP contribution in [0.1, 0.15) is 24.1 Å². The molecule has 0 aromatic heterocycles. The fraction of sp³-hybridized carbons (Fsp3) is 0.294. The minimum atomic E-state index is 0.0617. The Morgan fingerprint density at radius 3 is 2.35 bits per heavy atom. The van der Waals surface area contributed by atoms with Crippen LogP contribution in [0.4, 0.5) is 0 Å². The van der Waals surface area contributed by atoms with Crippen LogP contribution in [-0.4, -0.2) is 14.2 Å². The number of rotatable bonds is 6. The maximum Gasteiger partial charge on any atom is 0.179 e. The van der Waals surface area contributed by atoms with Crippen molar-refractivity contribution in [3.05, 3.63) is 56.5 Å². The van der Waals surface area contributed by atoms with E-state index in [9.17, 15) is 0 Å². The second-order valence-corrected chi connectivity index (χ2v) is 6.33. The van der Waals surface area contributed by atoms with E-state index in [-0.39, 0.29) is 6.04 Å². The zero-order chi connectivity index (χ0) is 17.0. The van der Waals surface area contributed by atoms with E-state index in [1.807, 2.05) is 31.2 Å². The van der Waals surface area contributed by atoms with E-state index in [2.05, 4.69) is 5.32 Å². The Morgan fingerprint density at radius 1 is 1.00 bits per heavy atom. The van der Waals surface area contributed by atoms with Crippen molar-refractivity contribution in [2.45, 2.75) is 19.5 Å². The van der Waals surface area contributed by atoms with Crippen LogP contribution in [0.25, 0.3) is 0 Å². The highest BCUT2D eigenvalue weighted by atomic mass is 35.5. The summed E-state index contributed by atoms with van der Waals surface area (Å²) in [4.78, 5) is 0. The Labute approximate surface area is 151 Å². The van der Waals surface area contributed by atoms with Crippen molar-refractivity contribution >= 4 is 34.8 Å². The van der Waals surface area contributed by atoms with E-state index < -0.39 is 0 Å². The number of nitrogens with one attached hydrogen (secondary N) is 1. The Balaban J connectivity index is 2.12. The summed E-state index contributed by atoms with van der Waals surface area (Å²) in [6.07, 6.45) is 0. The summed E-state index contributed by atoms with van der Waals surface area (Å²) >= 11 is 18.4. The summed E-state index contributed by atoms with van der Waals surface area (Å²) in [6, 6.07) is 9.30. The third kappa shape index (κ3) is 4.45. The van der Waals surface area contributed by atoms with Gasteiger partial charge in [-0.05, 0) is 42.3 Å². The molecule has 1 atom stereocenters. The first-order chi connectivity index (χ1) is 11.0. The molecule has 3 nitrogen and oxygen atoms in total. The van der Waals surface area contributed by atoms with Crippen LogP contribution in [0, 0.1) is 0 Å². The lowest BCUT2D eigenvalue weighted by Crippen LogP contribution is -2.18. The van der Waals surface area contributed by atoms with Gasteiger partial charge in [-0.1, -0.05) is 40.9 Å². The molecule has 0 aliphatic heterocycles. The standard InChI is InChI=1S/C17H18Cl3NO2/c1-10(13-5-4-12(18)8-14(13)19)21-9-11-6-15(20)17(23-3)16(7-11)22-2/h4-8,10,21H,9H2,1-3H3. The largest absolute Gasteiger partial charge is 0.493 e. The van der Waals surface area contributed by atoms with Gasteiger partial charge in [0.15, 0.2) is 11.5 Å². The highest BCUT2D eigenvalue weighted by molar-refractivity contribution is 6.35. The highest BCUT2D eigenvalue weighted by Crippen LogP contribution is 2.36. The van der Waals surface area contributed by atoms with Gasteiger partial charge < -0.3 is 14.8 Å². The maximum atomic E-state index is 6.24. The van der Waals surface area contributed by atoms with Gasteiger partial charge in [0.1, 0.15) is 0 Å². The number of hydrogen-bond acceptors (Lipinski definition) is 3. The maximum absolute atomic E-state index is 6.24. The van der Waals surface area contributed by atoms with Crippen molar-refractivity contribution in [3.8, 4) is 11.5 Å². The molecule has 0 radical (unpaired) electrons. The minimum Gasteiger partial charge on any atom is -0.493 e. The van der Waals surface area contributed by atoms with E-state index in [0.29, 0.717) is 33.1 Å². The zero-order valence-electron chi connectivity index (χ0n) is 13.1. The summed E-state index contributed by atoms with van der Waals surface area (Å²) in [5, 5.41) is 5.19. The fourth-order valence-electron chi connectivity index (χ4n) is 2.31. The topological polar surface area (TPSA) is 30.5 Å². The van der Waals surface area contributed by atoms with Crippen LogP contribution in [0.15, 0.2) is 30.3 Å². The first kappa shape index (κ1) is 18.2. The molecule has 0 bridgehead atoms. The van der Waals surface area contributed by atoms with Gasteiger partial charge in [-0.25, -0.2) is 0 Å². The molecule has 1 unspecified atom stereocenters. The van der Waals surface area contributed by atoms with Gasteiger partial charge in [-0.3, -0.25) is 0 Å². The molecule has 0 amide bonds. The number of halogens is 3. The predicted molar refractivity (Wildman–Crippen MR) is 96.3 cm³/mol. The number of hydrogen-bond donors (Lipinski definition) is 1. The summed E-state index contributed by atoms with van der Waals surface area (Å²) in [7, 11) is 3.15. The van der Waals surface area contributed by atoms with Crippen LogP contribution < -0.4 is 14.8 Å². The van der Waals surface area contributed by atoms with Crippen molar-refractivity contribution in [3.63, 3.8) is 0 Å². The molecular weight excluding hydrogens is 357 g/mol. The minimum absolute atomic E-state index is 0.0617. The summed E-state index contributed by atoms with van der Waals surface area (Å²) in [6.45, 7) is 2.65. The zero-order valence-corrected chi connectivity index (χ0v) is 15.4. The van der Waals surface area contributed by atoms with Crippen molar-refractivity contribution in [2.24, 2.45) is 0 Å². The van der Waals surface area contributed by atoms with Gasteiger partial charge in [0, 0.05) is 22.6 Å². The summed E-state index contributed by atoms with van der Waals surface area (Å²) in [5.74, 6) is 1.14. The average molecular weight is 375 g/mol. The van der Waals surface area contributed by atoms with Crippen LogP contribution >= 0.6 is 34.8 Å². The SMILES string of the molecule is COc1cc(CNC(C)c2ccc(Cl)cc2Cl)cc(Cl)c1OC. The fourth-order valence-corrected chi connectivity index (χ4v) is 3.19. The molecule has 23 heavy (non-hydrogen) atoms. The first-order valence-corrected chi connectivity index (χ1v) is 8.18. The third-order valence-corrected chi connectivity index (χ3v) is 4.38. The molecule has 0 spiro atoms. The van der Waals surface area contributed by atoms with Crippen molar-refractivity contribution in [1.82, 2.24) is 5.32 Å². The average Bonchev–Trinajstić information content (AvgIpc) is 2.51. The molecule has 0 aliphatic carbocycles. The lowest BCUT2D eigenvalue weighted by atomic mass is 10.1. The number of benzene rings is 2. The Hall–Kier alpha value is -1.13. The normalized spacial score (nSPS) is 12.1. The van der Waals surface area contributed by atoms with E-state index >= 15 is 0 Å². The van der Waals surface area contributed by atoms with Gasteiger partial charge in [-0.2, -0.15) is 0 Å². The molecule has 124 valence electrons. The third-order valence-electron chi connectivity index (χ3n) is 3.53. The first-order valence-electron chi connectivity index (χ1n) is 7.05. The molecule has 2 aromatic carbocycles. The lowest BCUT2D eigenvalue weighted by Gasteiger charge is -2.17. The summed E-state index contributed by atoms with van der Waals surface area (Å²) < 4.78 is 10.5. The molecule has 1 N–H and O–H groups in total. The molecule has 0 aliphatic rings. The van der Waals surface area contributed by atoms with Crippen LogP contribution in [0.2, 0.25) is 15.1 Å². The van der Waals surface area contributed by atoms with Gasteiger partial charge in [0.2, 0.25) is 0 Å². The lowest BCUT2D eigenvalue weighted by molar-refractivity contribution is 0.354. The Morgan fingerprint density at radius 2 is 1.74 bits per heavy atom. The van der Waals surface area contributed by atoms with Crippen molar-refractivity contribution in [1.29, 1.82) is 0 Å². The molecule has 0 saturated carbocycles. The number of methoxy groups -OCH3 is 2. The quantitative estimate of drug-likeness (QED) is 0.722. The second-order valence-electron chi connectivity index (χ2n) is 5.08. The molecule has 6 heteroatoms. The molecule has 2 aromatic rings. The van der Waals surface area contributed by atoms with Crippen molar-refractivity contribution < 1.29 is 9.47 Å². The molecular formula is C17H18Cl3NO2. The molecule has 0 saturated heterocycles. The van der Waals surface area contributed by atoms with Gasteiger partial charge in [-0.15, -0.1) is 0 Å². The molecule has 0 fully saturated rings. The van der Waals surface area contributed by atoms with Crippen molar-refractivity contribution in [2.75, 3.05) is 14.2 Å². The molecule has 2 rings (SSSR count). The van der Waals surface area contributed by atoms with Gasteiger partial charge in [0.05, 0.1) is 19.2 Å². The predicted octanol–water partition coefficient (Wildman–Crippen LogP) is 5.51. The summed E-state index contributed by atoms with van der Waals surface area (Å²) in [5.41, 5.74) is 1.98. The molecule has 0 heterocycles. The van der Waals surface area contributed by atoms with Crippen LogP contribution in [-0.2, 0) is 6.54 Å². The monoisotopic (exact) mass is 373 g/mol. The Bertz CT molecular complexity index is 692.